The standard InChI is InChI=1S/C17H17N5O3/c1-12-2-4-13(5-3-12)22-16(24)14(15(23)20-17(22)25)10-18-6-8-21-9-7-19-11-21/h2-5,7,9-11,24H,6,8H2,1H3,(H,20,23,25). The summed E-state index contributed by atoms with van der Waals surface area (Å²) in [7, 11) is 0. The zero-order valence-corrected chi connectivity index (χ0v) is 13.6. The van der Waals surface area contributed by atoms with Crippen LogP contribution >= 0.6 is 0 Å². The van der Waals surface area contributed by atoms with Gasteiger partial charge in [0.25, 0.3) is 5.56 Å². The van der Waals surface area contributed by atoms with E-state index >= 15 is 0 Å². The van der Waals surface area contributed by atoms with Gasteiger partial charge in [0.2, 0.25) is 5.88 Å². The molecule has 0 spiro atoms. The maximum Gasteiger partial charge on any atom is 0.335 e. The van der Waals surface area contributed by atoms with Crippen molar-refractivity contribution >= 4 is 6.21 Å². The summed E-state index contributed by atoms with van der Waals surface area (Å²) in [4.78, 5) is 34.3. The highest BCUT2D eigenvalue weighted by molar-refractivity contribution is 5.82. The molecule has 0 saturated heterocycles. The minimum absolute atomic E-state index is 0.0641. The van der Waals surface area contributed by atoms with Crippen LogP contribution in [0.5, 0.6) is 5.88 Å². The van der Waals surface area contributed by atoms with E-state index in [0.717, 1.165) is 10.1 Å². The van der Waals surface area contributed by atoms with Crippen LogP contribution < -0.4 is 11.2 Å². The first-order valence-corrected chi connectivity index (χ1v) is 7.67. The molecule has 128 valence electrons. The minimum atomic E-state index is -0.707. The van der Waals surface area contributed by atoms with E-state index in [0.29, 0.717) is 18.8 Å². The van der Waals surface area contributed by atoms with Gasteiger partial charge in [0.15, 0.2) is 0 Å². The Balaban J connectivity index is 1.91. The predicted molar refractivity (Wildman–Crippen MR) is 93.7 cm³/mol. The third-order valence-electron chi connectivity index (χ3n) is 3.68. The lowest BCUT2D eigenvalue weighted by molar-refractivity contribution is 0.430. The fraction of sp³-hybridized carbons (Fsp3) is 0.176. The number of aliphatic imine (C=N–C) groups is 1. The fourth-order valence-electron chi connectivity index (χ4n) is 2.34. The molecule has 0 amide bonds. The lowest BCUT2D eigenvalue weighted by atomic mass is 10.2. The van der Waals surface area contributed by atoms with Crippen molar-refractivity contribution in [1.29, 1.82) is 0 Å². The van der Waals surface area contributed by atoms with Crippen molar-refractivity contribution in [3.63, 3.8) is 0 Å². The molecule has 8 nitrogen and oxygen atoms in total. The highest BCUT2D eigenvalue weighted by atomic mass is 16.3. The first kappa shape index (κ1) is 16.4. The van der Waals surface area contributed by atoms with Crippen LogP contribution in [0.3, 0.4) is 0 Å². The van der Waals surface area contributed by atoms with Gasteiger partial charge >= 0.3 is 5.69 Å². The van der Waals surface area contributed by atoms with E-state index in [4.69, 9.17) is 0 Å². The Hall–Kier alpha value is -3.42. The molecule has 1 aromatic carbocycles. The van der Waals surface area contributed by atoms with Gasteiger partial charge in [0.05, 0.1) is 18.6 Å². The highest BCUT2D eigenvalue weighted by Crippen LogP contribution is 2.15. The molecule has 2 N–H and O–H groups in total. The van der Waals surface area contributed by atoms with Gasteiger partial charge in [-0.05, 0) is 19.1 Å². The van der Waals surface area contributed by atoms with Gasteiger partial charge in [-0.25, -0.2) is 14.3 Å². The van der Waals surface area contributed by atoms with Crippen molar-refractivity contribution in [1.82, 2.24) is 19.1 Å². The molecule has 2 heterocycles. The van der Waals surface area contributed by atoms with Crippen molar-refractivity contribution in [3.05, 3.63) is 75.0 Å². The molecule has 3 rings (SSSR count). The number of benzene rings is 1. The third kappa shape index (κ3) is 3.57. The average molecular weight is 339 g/mol. The monoisotopic (exact) mass is 339 g/mol. The molecule has 0 saturated carbocycles. The van der Waals surface area contributed by atoms with Gasteiger partial charge in [0.1, 0.15) is 5.56 Å². The smallest absolute Gasteiger partial charge is 0.335 e. The van der Waals surface area contributed by atoms with Gasteiger partial charge in [-0.2, -0.15) is 0 Å². The highest BCUT2D eigenvalue weighted by Gasteiger charge is 2.13. The summed E-state index contributed by atoms with van der Waals surface area (Å²) in [6.45, 7) is 2.91. The normalized spacial score (nSPS) is 11.2. The summed E-state index contributed by atoms with van der Waals surface area (Å²) in [5.74, 6) is -0.441. The molecule has 0 atom stereocenters. The van der Waals surface area contributed by atoms with E-state index in [1.54, 1.807) is 30.9 Å². The largest absolute Gasteiger partial charge is 0.493 e. The Bertz CT molecular complexity index is 998. The number of nitrogens with zero attached hydrogens (tertiary/aromatic N) is 4. The van der Waals surface area contributed by atoms with Crippen LogP contribution in [0.25, 0.3) is 5.69 Å². The number of hydrogen-bond acceptors (Lipinski definition) is 5. The van der Waals surface area contributed by atoms with Gasteiger partial charge < -0.3 is 9.67 Å². The summed E-state index contributed by atoms with van der Waals surface area (Å²) < 4.78 is 2.88. The quantitative estimate of drug-likeness (QED) is 0.672. The maximum absolute atomic E-state index is 12.1. The number of aryl methyl sites for hydroxylation is 1. The maximum atomic E-state index is 12.1. The number of imidazole rings is 1. The molecule has 3 aromatic rings. The molecule has 0 radical (unpaired) electrons. The van der Waals surface area contributed by atoms with Gasteiger partial charge in [-0.15, -0.1) is 0 Å². The molecule has 25 heavy (non-hydrogen) atoms. The zero-order chi connectivity index (χ0) is 17.8. The second kappa shape index (κ2) is 7.00. The van der Waals surface area contributed by atoms with Crippen LogP contribution in [-0.4, -0.2) is 37.0 Å². The van der Waals surface area contributed by atoms with E-state index < -0.39 is 17.1 Å². The van der Waals surface area contributed by atoms with Gasteiger partial charge in [-0.3, -0.25) is 14.8 Å². The molecule has 8 heteroatoms. The van der Waals surface area contributed by atoms with Crippen LogP contribution in [-0.2, 0) is 6.54 Å². The lowest BCUT2D eigenvalue weighted by Crippen LogP contribution is -2.31. The summed E-state index contributed by atoms with van der Waals surface area (Å²) in [6.07, 6.45) is 6.40. The molecule has 2 aromatic heterocycles. The second-order valence-electron chi connectivity index (χ2n) is 5.50. The Morgan fingerprint density at radius 3 is 2.72 bits per heavy atom. The topological polar surface area (TPSA) is 105 Å². The number of aromatic nitrogens is 4. The van der Waals surface area contributed by atoms with E-state index in [-0.39, 0.29) is 5.56 Å². The number of aromatic amines is 1. The molecule has 0 bridgehead atoms. The lowest BCUT2D eigenvalue weighted by Gasteiger charge is -2.09. The van der Waals surface area contributed by atoms with Crippen molar-refractivity contribution in [2.24, 2.45) is 4.99 Å². The van der Waals surface area contributed by atoms with Crippen LogP contribution in [0.4, 0.5) is 0 Å². The van der Waals surface area contributed by atoms with E-state index in [1.165, 1.54) is 6.21 Å². The number of nitrogens with one attached hydrogen (secondary N) is 1. The van der Waals surface area contributed by atoms with Crippen LogP contribution in [0.1, 0.15) is 11.1 Å². The summed E-state index contributed by atoms with van der Waals surface area (Å²) >= 11 is 0. The summed E-state index contributed by atoms with van der Waals surface area (Å²) in [6, 6.07) is 7.00. The van der Waals surface area contributed by atoms with Crippen molar-refractivity contribution in [3.8, 4) is 11.6 Å². The van der Waals surface area contributed by atoms with Crippen LogP contribution in [0, 0.1) is 6.92 Å². The first-order chi connectivity index (χ1) is 12.1. The Morgan fingerprint density at radius 1 is 1.28 bits per heavy atom. The fourth-order valence-corrected chi connectivity index (χ4v) is 2.34. The molecule has 0 fully saturated rings. The number of hydrogen-bond donors (Lipinski definition) is 2. The molecule has 0 aliphatic rings. The molecule has 0 aliphatic heterocycles. The molecular formula is C17H17N5O3. The SMILES string of the molecule is Cc1ccc(-n2c(O)c(C=NCCn3ccnc3)c(=O)[nH]c2=O)cc1. The predicted octanol–water partition coefficient (Wildman–Crippen LogP) is 0.855. The first-order valence-electron chi connectivity index (χ1n) is 7.67. The number of rotatable bonds is 5. The average Bonchev–Trinajstić information content (AvgIpc) is 3.09. The molecular weight excluding hydrogens is 322 g/mol. The summed E-state index contributed by atoms with van der Waals surface area (Å²) in [5, 5.41) is 10.4. The third-order valence-corrected chi connectivity index (χ3v) is 3.68. The van der Waals surface area contributed by atoms with Crippen LogP contribution in [0.2, 0.25) is 0 Å². The summed E-state index contributed by atoms with van der Waals surface area (Å²) in [5.41, 5.74) is 0.0179. The Labute approximate surface area is 142 Å². The zero-order valence-electron chi connectivity index (χ0n) is 13.6. The number of H-pyrrole nitrogens is 1. The van der Waals surface area contributed by atoms with Crippen molar-refractivity contribution < 1.29 is 5.11 Å². The van der Waals surface area contributed by atoms with Crippen LogP contribution in [0.15, 0.2) is 57.6 Å². The van der Waals surface area contributed by atoms with Gasteiger partial charge in [-0.1, -0.05) is 17.7 Å². The molecule has 0 aliphatic carbocycles. The Morgan fingerprint density at radius 2 is 2.04 bits per heavy atom. The molecule has 0 unspecified atom stereocenters. The van der Waals surface area contributed by atoms with Crippen molar-refractivity contribution in [2.75, 3.05) is 6.54 Å². The van der Waals surface area contributed by atoms with Gasteiger partial charge in [0, 0.05) is 25.2 Å². The number of aromatic hydroxyl groups is 1. The van der Waals surface area contributed by atoms with E-state index in [1.807, 2.05) is 23.6 Å². The van der Waals surface area contributed by atoms with E-state index in [2.05, 4.69) is 15.0 Å². The van der Waals surface area contributed by atoms with E-state index in [9.17, 15) is 14.7 Å². The second-order valence-corrected chi connectivity index (χ2v) is 5.50. The minimum Gasteiger partial charge on any atom is -0.493 e. The van der Waals surface area contributed by atoms with Crippen molar-refractivity contribution in [2.45, 2.75) is 13.5 Å². The Kier molecular flexibility index (Phi) is 4.60.